The predicted octanol–water partition coefficient (Wildman–Crippen LogP) is 2.54. The topological polar surface area (TPSA) is 69.6 Å². The van der Waals surface area contributed by atoms with Crippen LogP contribution in [0.1, 0.15) is 6.92 Å². The maximum atomic E-state index is 13.3. The summed E-state index contributed by atoms with van der Waals surface area (Å²) in [5.74, 6) is -42.4. The van der Waals surface area contributed by atoms with Gasteiger partial charge in [0.05, 0.1) is 6.04 Å². The van der Waals surface area contributed by atoms with Gasteiger partial charge in [-0.2, -0.15) is 57.1 Å². The second-order valence-electron chi connectivity index (χ2n) is 5.05. The smallest absolute Gasteiger partial charge is 0.366 e. The van der Waals surface area contributed by atoms with Crippen molar-refractivity contribution in [2.75, 3.05) is 0 Å². The molecular formula is C10H8F13NO3. The third-order valence-corrected chi connectivity index (χ3v) is 3.02. The molecule has 162 valence electrons. The zero-order chi connectivity index (χ0) is 22.4. The fraction of sp³-hybridized carbons (Fsp3) is 0.900. The molecule has 0 spiro atoms. The molecule has 0 aromatic carbocycles. The molecule has 0 aliphatic carbocycles. The Hall–Kier alpha value is -1.52. The standard InChI is InChI=1S/C10H8F13NO3/c1-2(3(25)26)24-4(27)5(11,12)6(13,14)7(15,16)8(17,18)9(19,20)10(21,22)23/h2-3,25-26H,1H3,(H,24,27). The number of nitrogens with one attached hydrogen (secondary N) is 1. The minimum atomic E-state index is -8.12. The second kappa shape index (κ2) is 6.82. The van der Waals surface area contributed by atoms with Gasteiger partial charge in [0.15, 0.2) is 6.29 Å². The number of alkyl halides is 13. The molecule has 1 amide bonds. The molecular weight excluding hydrogens is 429 g/mol. The van der Waals surface area contributed by atoms with Gasteiger partial charge in [-0.15, -0.1) is 0 Å². The lowest BCUT2D eigenvalue weighted by Gasteiger charge is -2.39. The van der Waals surface area contributed by atoms with E-state index in [-0.39, 0.29) is 0 Å². The van der Waals surface area contributed by atoms with E-state index in [1.165, 1.54) is 0 Å². The van der Waals surface area contributed by atoms with Crippen molar-refractivity contribution in [3.63, 3.8) is 0 Å². The molecule has 0 aliphatic heterocycles. The monoisotopic (exact) mass is 437 g/mol. The van der Waals surface area contributed by atoms with E-state index in [1.54, 1.807) is 0 Å². The van der Waals surface area contributed by atoms with Crippen LogP contribution in [0.5, 0.6) is 0 Å². The Bertz CT molecular complexity index is 557. The van der Waals surface area contributed by atoms with E-state index in [2.05, 4.69) is 0 Å². The van der Waals surface area contributed by atoms with E-state index < -0.39 is 54.0 Å². The highest BCUT2D eigenvalue weighted by molar-refractivity contribution is 5.85. The van der Waals surface area contributed by atoms with Crippen LogP contribution in [0.2, 0.25) is 0 Å². The first-order chi connectivity index (χ1) is 11.5. The van der Waals surface area contributed by atoms with Gasteiger partial charge in [-0.25, -0.2) is 0 Å². The van der Waals surface area contributed by atoms with E-state index in [1.807, 2.05) is 0 Å². The minimum absolute atomic E-state index is 0.418. The first kappa shape index (κ1) is 25.5. The van der Waals surface area contributed by atoms with E-state index in [9.17, 15) is 61.9 Å². The number of aliphatic hydroxyl groups excluding tert-OH is 1. The van der Waals surface area contributed by atoms with Gasteiger partial charge in [-0.1, -0.05) is 0 Å². The van der Waals surface area contributed by atoms with Crippen LogP contribution in [-0.4, -0.2) is 64.2 Å². The summed E-state index contributed by atoms with van der Waals surface area (Å²) in [6.45, 7) is 0.418. The zero-order valence-corrected chi connectivity index (χ0v) is 12.4. The highest BCUT2D eigenvalue weighted by atomic mass is 19.4. The molecule has 0 saturated heterocycles. The van der Waals surface area contributed by atoms with Crippen LogP contribution in [0.15, 0.2) is 0 Å². The Balaban J connectivity index is 6.19. The van der Waals surface area contributed by atoms with Gasteiger partial charge in [0.25, 0.3) is 5.91 Å². The average molecular weight is 437 g/mol. The number of hydrogen-bond donors (Lipinski definition) is 3. The van der Waals surface area contributed by atoms with E-state index >= 15 is 0 Å². The summed E-state index contributed by atoms with van der Waals surface area (Å²) in [4.78, 5) is 10.9. The van der Waals surface area contributed by atoms with Crippen molar-refractivity contribution >= 4 is 5.91 Å². The molecule has 0 aliphatic rings. The molecule has 0 saturated carbocycles. The van der Waals surface area contributed by atoms with Gasteiger partial charge in [-0.3, -0.25) is 4.79 Å². The number of aliphatic hydroxyl groups is 2. The number of halogens is 13. The van der Waals surface area contributed by atoms with Crippen LogP contribution < -0.4 is 5.32 Å². The third-order valence-electron chi connectivity index (χ3n) is 3.02. The Morgan fingerprint density at radius 1 is 0.704 bits per heavy atom. The van der Waals surface area contributed by atoms with Gasteiger partial charge in [0.2, 0.25) is 0 Å². The summed E-state index contributed by atoms with van der Waals surface area (Å²) in [5.41, 5.74) is 0. The number of carbonyl (C=O) groups excluding carboxylic acids is 1. The van der Waals surface area contributed by atoms with Gasteiger partial charge in [-0.05, 0) is 6.92 Å². The van der Waals surface area contributed by atoms with Crippen molar-refractivity contribution in [3.05, 3.63) is 0 Å². The molecule has 4 nitrogen and oxygen atoms in total. The molecule has 0 bridgehead atoms. The summed E-state index contributed by atoms with van der Waals surface area (Å²) < 4.78 is 166. The molecule has 0 rings (SSSR count). The van der Waals surface area contributed by atoms with Gasteiger partial charge in [0.1, 0.15) is 0 Å². The number of amides is 1. The molecule has 0 fully saturated rings. The Kier molecular flexibility index (Phi) is 6.44. The van der Waals surface area contributed by atoms with E-state index in [0.717, 1.165) is 0 Å². The number of rotatable bonds is 7. The second-order valence-corrected chi connectivity index (χ2v) is 5.05. The first-order valence-corrected chi connectivity index (χ1v) is 6.13. The molecule has 0 aromatic rings. The van der Waals surface area contributed by atoms with Crippen molar-refractivity contribution in [1.82, 2.24) is 5.32 Å². The molecule has 0 heterocycles. The van der Waals surface area contributed by atoms with E-state index in [4.69, 9.17) is 10.2 Å². The van der Waals surface area contributed by atoms with Gasteiger partial charge >= 0.3 is 35.8 Å². The molecule has 0 radical (unpaired) electrons. The Morgan fingerprint density at radius 2 is 1.04 bits per heavy atom. The van der Waals surface area contributed by atoms with Crippen LogP contribution in [0.3, 0.4) is 0 Å². The van der Waals surface area contributed by atoms with Crippen LogP contribution in [0.25, 0.3) is 0 Å². The van der Waals surface area contributed by atoms with Crippen molar-refractivity contribution < 1.29 is 72.1 Å². The van der Waals surface area contributed by atoms with Crippen LogP contribution in [0, 0.1) is 0 Å². The molecule has 27 heavy (non-hydrogen) atoms. The van der Waals surface area contributed by atoms with E-state index in [0.29, 0.717) is 12.2 Å². The van der Waals surface area contributed by atoms with Crippen molar-refractivity contribution in [3.8, 4) is 0 Å². The molecule has 3 N–H and O–H groups in total. The summed E-state index contributed by atoms with van der Waals surface area (Å²) >= 11 is 0. The van der Waals surface area contributed by atoms with Crippen molar-refractivity contribution in [2.45, 2.75) is 55.0 Å². The fourth-order valence-electron chi connectivity index (χ4n) is 1.28. The van der Waals surface area contributed by atoms with Crippen LogP contribution in [-0.2, 0) is 4.79 Å². The van der Waals surface area contributed by atoms with Crippen molar-refractivity contribution in [2.24, 2.45) is 0 Å². The lowest BCUT2D eigenvalue weighted by Crippen LogP contribution is -2.72. The largest absolute Gasteiger partial charge is 0.460 e. The van der Waals surface area contributed by atoms with Gasteiger partial charge in [0, 0.05) is 0 Å². The highest BCUT2D eigenvalue weighted by Crippen LogP contribution is 2.60. The molecule has 1 unspecified atom stereocenters. The summed E-state index contributed by atoms with van der Waals surface area (Å²) in [5, 5.41) is 17.4. The SMILES string of the molecule is CC(NC(=O)C(F)(F)C(F)(F)C(F)(F)C(F)(F)C(F)(F)C(F)(F)F)C(O)O. The van der Waals surface area contributed by atoms with Crippen LogP contribution >= 0.6 is 0 Å². The average Bonchev–Trinajstić information content (AvgIpc) is 2.44. The van der Waals surface area contributed by atoms with Crippen LogP contribution in [0.4, 0.5) is 57.1 Å². The van der Waals surface area contributed by atoms with Crippen molar-refractivity contribution in [1.29, 1.82) is 0 Å². The summed E-state index contributed by atoms with van der Waals surface area (Å²) in [6.07, 6.45) is -10.3. The maximum Gasteiger partial charge on any atom is 0.460 e. The zero-order valence-electron chi connectivity index (χ0n) is 12.4. The molecule has 1 atom stereocenters. The molecule has 17 heteroatoms. The Labute approximate surface area is 139 Å². The lowest BCUT2D eigenvalue weighted by atomic mass is 9.93. The quantitative estimate of drug-likeness (QED) is 0.424. The lowest BCUT2D eigenvalue weighted by molar-refractivity contribution is -0.436. The molecule has 0 aromatic heterocycles. The maximum absolute atomic E-state index is 13.3. The normalized spacial score (nSPS) is 16.5. The Morgan fingerprint density at radius 3 is 1.33 bits per heavy atom. The number of hydrogen-bond acceptors (Lipinski definition) is 3. The highest BCUT2D eigenvalue weighted by Gasteiger charge is 2.91. The number of carbonyl (C=O) groups is 1. The first-order valence-electron chi connectivity index (χ1n) is 6.13. The fourth-order valence-corrected chi connectivity index (χ4v) is 1.28. The summed E-state index contributed by atoms with van der Waals surface area (Å²) in [7, 11) is 0. The predicted molar refractivity (Wildman–Crippen MR) is 56.6 cm³/mol. The minimum Gasteiger partial charge on any atom is -0.366 e. The van der Waals surface area contributed by atoms with Gasteiger partial charge < -0.3 is 15.5 Å². The summed E-state index contributed by atoms with van der Waals surface area (Å²) in [6, 6.07) is -2.29. The third kappa shape index (κ3) is 3.74.